The Morgan fingerprint density at radius 1 is 1.15 bits per heavy atom. The Bertz CT molecular complexity index is 1500. The first-order valence-corrected chi connectivity index (χ1v) is 13.8. The summed E-state index contributed by atoms with van der Waals surface area (Å²) in [5.74, 6) is 0.0424. The van der Waals surface area contributed by atoms with Crippen LogP contribution in [0.15, 0.2) is 65.7 Å². The lowest BCUT2D eigenvalue weighted by Crippen LogP contribution is -2.16. The van der Waals surface area contributed by atoms with Gasteiger partial charge in [0.25, 0.3) is 0 Å². The van der Waals surface area contributed by atoms with Gasteiger partial charge in [0.15, 0.2) is 11.0 Å². The van der Waals surface area contributed by atoms with E-state index >= 15 is 0 Å². The average Bonchev–Trinajstić information content (AvgIpc) is 3.52. The van der Waals surface area contributed by atoms with E-state index in [2.05, 4.69) is 22.1 Å². The highest BCUT2D eigenvalue weighted by molar-refractivity contribution is 7.99. The molecule has 0 radical (unpaired) electrons. The zero-order valence-electron chi connectivity index (χ0n) is 21.7. The largest absolute Gasteiger partial charge is 0.486 e. The number of carbonyl (C=O) groups is 2. The number of halogens is 1. The van der Waals surface area contributed by atoms with Gasteiger partial charge in [-0.05, 0) is 54.8 Å². The first-order chi connectivity index (χ1) is 18.8. The maximum atomic E-state index is 13.4. The minimum Gasteiger partial charge on any atom is -0.486 e. The van der Waals surface area contributed by atoms with Crippen molar-refractivity contribution < 1.29 is 23.5 Å². The van der Waals surface area contributed by atoms with Crippen molar-refractivity contribution in [2.24, 2.45) is 0 Å². The van der Waals surface area contributed by atoms with Crippen LogP contribution in [-0.2, 0) is 22.7 Å². The summed E-state index contributed by atoms with van der Waals surface area (Å²) < 4.78 is 26.1. The SMILES string of the molecule is C=CCn1c(COc2ccc(C)c(C)c2)nnc1SCC(=O)Nc1scc(-c2ccc(F)cc2)c1C(=O)OC. The van der Waals surface area contributed by atoms with E-state index in [1.54, 1.807) is 23.6 Å². The van der Waals surface area contributed by atoms with Crippen LogP contribution in [0, 0.1) is 19.7 Å². The second-order valence-corrected chi connectivity index (χ2v) is 10.3. The first-order valence-electron chi connectivity index (χ1n) is 11.9. The molecule has 0 fully saturated rings. The van der Waals surface area contributed by atoms with Crippen LogP contribution >= 0.6 is 23.1 Å². The third-order valence-corrected chi connectivity index (χ3v) is 7.73. The number of rotatable bonds is 11. The van der Waals surface area contributed by atoms with E-state index in [4.69, 9.17) is 9.47 Å². The number of carbonyl (C=O) groups excluding carboxylic acids is 2. The van der Waals surface area contributed by atoms with Crippen LogP contribution in [0.4, 0.5) is 9.39 Å². The molecule has 2 aromatic heterocycles. The molecule has 2 aromatic carbocycles. The fourth-order valence-electron chi connectivity index (χ4n) is 3.69. The van der Waals surface area contributed by atoms with E-state index in [-0.39, 0.29) is 29.6 Å². The summed E-state index contributed by atoms with van der Waals surface area (Å²) in [7, 11) is 1.27. The molecule has 1 amide bonds. The maximum absolute atomic E-state index is 13.4. The molecule has 0 spiro atoms. The molecule has 0 bridgehead atoms. The number of hydrogen-bond acceptors (Lipinski definition) is 8. The number of nitrogens with zero attached hydrogens (tertiary/aromatic N) is 3. The Kier molecular flexibility index (Phi) is 9.15. The zero-order chi connectivity index (χ0) is 27.9. The Morgan fingerprint density at radius 3 is 2.62 bits per heavy atom. The molecule has 1 N–H and O–H groups in total. The molecule has 0 saturated heterocycles. The summed E-state index contributed by atoms with van der Waals surface area (Å²) in [6.45, 7) is 8.52. The van der Waals surface area contributed by atoms with Crippen molar-refractivity contribution in [2.45, 2.75) is 32.2 Å². The van der Waals surface area contributed by atoms with Crippen molar-refractivity contribution in [1.29, 1.82) is 0 Å². The third kappa shape index (κ3) is 6.73. The van der Waals surface area contributed by atoms with E-state index in [1.165, 1.54) is 47.9 Å². The summed E-state index contributed by atoms with van der Waals surface area (Å²) >= 11 is 2.40. The van der Waals surface area contributed by atoms with Gasteiger partial charge in [-0.25, -0.2) is 9.18 Å². The summed E-state index contributed by atoms with van der Waals surface area (Å²) in [6, 6.07) is 11.6. The molecule has 202 valence electrons. The van der Waals surface area contributed by atoms with Gasteiger partial charge in [0.05, 0.1) is 12.9 Å². The van der Waals surface area contributed by atoms with Gasteiger partial charge in [0, 0.05) is 17.5 Å². The molecular weight excluding hydrogens is 539 g/mol. The van der Waals surface area contributed by atoms with Gasteiger partial charge in [-0.2, -0.15) is 0 Å². The molecule has 8 nitrogen and oxygen atoms in total. The number of methoxy groups -OCH3 is 1. The molecule has 0 aliphatic heterocycles. The maximum Gasteiger partial charge on any atom is 0.341 e. The number of anilines is 1. The number of aryl methyl sites for hydroxylation is 2. The molecule has 2 heterocycles. The van der Waals surface area contributed by atoms with Crippen LogP contribution in [0.2, 0.25) is 0 Å². The fourth-order valence-corrected chi connectivity index (χ4v) is 5.43. The van der Waals surface area contributed by atoms with Crippen molar-refractivity contribution in [2.75, 3.05) is 18.2 Å². The minimum absolute atomic E-state index is 0.0255. The van der Waals surface area contributed by atoms with Gasteiger partial charge in [0.1, 0.15) is 28.7 Å². The summed E-state index contributed by atoms with van der Waals surface area (Å²) in [5, 5.41) is 13.9. The topological polar surface area (TPSA) is 95.3 Å². The molecule has 39 heavy (non-hydrogen) atoms. The summed E-state index contributed by atoms with van der Waals surface area (Å²) in [6.07, 6.45) is 1.72. The summed E-state index contributed by atoms with van der Waals surface area (Å²) in [4.78, 5) is 25.4. The number of benzene rings is 2. The molecule has 0 unspecified atom stereocenters. The van der Waals surface area contributed by atoms with Crippen molar-refractivity contribution in [3.63, 3.8) is 0 Å². The third-order valence-electron chi connectivity index (χ3n) is 5.87. The van der Waals surface area contributed by atoms with Crippen molar-refractivity contribution in [3.8, 4) is 16.9 Å². The van der Waals surface area contributed by atoms with E-state index < -0.39 is 5.97 Å². The lowest BCUT2D eigenvalue weighted by atomic mass is 10.0. The minimum atomic E-state index is -0.599. The number of allylic oxidation sites excluding steroid dienone is 1. The number of amides is 1. The van der Waals surface area contributed by atoms with Gasteiger partial charge < -0.3 is 14.8 Å². The standard InChI is InChI=1S/C28H27FN4O4S2/c1-5-12-33-23(14-37-21-11-6-17(2)18(3)13-21)31-32-28(33)39-16-24(34)30-26-25(27(35)36-4)22(15-38-26)19-7-9-20(29)10-8-19/h5-11,13,15H,1,12,14,16H2,2-4H3,(H,30,34). The van der Waals surface area contributed by atoms with Crippen molar-refractivity contribution in [1.82, 2.24) is 14.8 Å². The van der Waals surface area contributed by atoms with Crippen molar-refractivity contribution >= 4 is 40.0 Å². The molecule has 0 aliphatic carbocycles. The lowest BCUT2D eigenvalue weighted by Gasteiger charge is -2.10. The molecule has 4 aromatic rings. The van der Waals surface area contributed by atoms with Gasteiger partial charge in [-0.15, -0.1) is 28.1 Å². The van der Waals surface area contributed by atoms with Gasteiger partial charge in [0.2, 0.25) is 5.91 Å². The molecular formula is C28H27FN4O4S2. The predicted molar refractivity (Wildman–Crippen MR) is 151 cm³/mol. The zero-order valence-corrected chi connectivity index (χ0v) is 23.3. The Balaban J connectivity index is 1.44. The molecule has 4 rings (SSSR count). The van der Waals surface area contributed by atoms with Crippen LogP contribution in [0.25, 0.3) is 11.1 Å². The normalized spacial score (nSPS) is 10.8. The van der Waals surface area contributed by atoms with Crippen LogP contribution in [0.1, 0.15) is 27.3 Å². The second kappa shape index (κ2) is 12.7. The Morgan fingerprint density at radius 2 is 1.92 bits per heavy atom. The monoisotopic (exact) mass is 566 g/mol. The number of nitrogens with one attached hydrogen (secondary N) is 1. The van der Waals surface area contributed by atoms with Gasteiger partial charge in [-0.3, -0.25) is 9.36 Å². The van der Waals surface area contributed by atoms with Gasteiger partial charge >= 0.3 is 5.97 Å². The van der Waals surface area contributed by atoms with E-state index in [0.717, 1.165) is 11.3 Å². The van der Waals surface area contributed by atoms with E-state index in [0.29, 0.717) is 33.7 Å². The van der Waals surface area contributed by atoms with Gasteiger partial charge in [-0.1, -0.05) is 36.0 Å². The molecule has 0 aliphatic rings. The number of thiophene rings is 1. The first kappa shape index (κ1) is 28.1. The van der Waals surface area contributed by atoms with E-state index in [9.17, 15) is 14.0 Å². The number of aromatic nitrogens is 3. The highest BCUT2D eigenvalue weighted by atomic mass is 32.2. The molecule has 11 heteroatoms. The number of hydrogen-bond donors (Lipinski definition) is 1. The molecule has 0 saturated carbocycles. The second-order valence-electron chi connectivity index (χ2n) is 8.52. The summed E-state index contributed by atoms with van der Waals surface area (Å²) in [5.41, 5.74) is 3.72. The quantitative estimate of drug-likeness (QED) is 0.134. The fraction of sp³-hybridized carbons (Fsp3) is 0.214. The molecule has 0 atom stereocenters. The lowest BCUT2D eigenvalue weighted by molar-refractivity contribution is -0.113. The van der Waals surface area contributed by atoms with Crippen molar-refractivity contribution in [3.05, 3.63) is 88.8 Å². The van der Waals surface area contributed by atoms with Crippen LogP contribution < -0.4 is 10.1 Å². The highest BCUT2D eigenvalue weighted by Gasteiger charge is 2.23. The number of esters is 1. The Hall–Kier alpha value is -3.96. The van der Waals surface area contributed by atoms with Crippen LogP contribution in [0.3, 0.4) is 0 Å². The smallest absolute Gasteiger partial charge is 0.341 e. The van der Waals surface area contributed by atoms with Crippen LogP contribution in [0.5, 0.6) is 5.75 Å². The average molecular weight is 567 g/mol. The number of thioether (sulfide) groups is 1. The number of ether oxygens (including phenoxy) is 2. The highest BCUT2D eigenvalue weighted by Crippen LogP contribution is 2.36. The predicted octanol–water partition coefficient (Wildman–Crippen LogP) is 6.04. The van der Waals surface area contributed by atoms with E-state index in [1.807, 2.05) is 36.6 Å². The Labute approximate surface area is 233 Å². The van der Waals surface area contributed by atoms with Crippen LogP contribution in [-0.4, -0.2) is 39.5 Å².